The SMILES string of the molecule is O=c1[c]c(CO)occ1. The highest BCUT2D eigenvalue weighted by Crippen LogP contribution is 1.90. The molecule has 0 bridgehead atoms. The van der Waals surface area contributed by atoms with Crippen LogP contribution in [0.3, 0.4) is 0 Å². The van der Waals surface area contributed by atoms with Crippen LogP contribution in [0.4, 0.5) is 0 Å². The molecule has 1 rings (SSSR count). The first-order valence-electron chi connectivity index (χ1n) is 2.44. The molecule has 0 unspecified atom stereocenters. The number of aliphatic hydroxyl groups is 1. The molecule has 0 aliphatic heterocycles. The molecule has 0 fully saturated rings. The van der Waals surface area contributed by atoms with Crippen LogP contribution >= 0.6 is 0 Å². The van der Waals surface area contributed by atoms with Crippen molar-refractivity contribution in [1.82, 2.24) is 0 Å². The third-order valence-corrected chi connectivity index (χ3v) is 0.836. The van der Waals surface area contributed by atoms with Crippen molar-refractivity contribution in [2.24, 2.45) is 0 Å². The van der Waals surface area contributed by atoms with E-state index in [9.17, 15) is 4.79 Å². The van der Waals surface area contributed by atoms with E-state index in [1.54, 1.807) is 0 Å². The molecule has 1 aromatic heterocycles. The molecule has 1 aromatic rings. The predicted octanol–water partition coefficient (Wildman–Crippen LogP) is -0.0677. The van der Waals surface area contributed by atoms with Crippen molar-refractivity contribution < 1.29 is 9.52 Å². The van der Waals surface area contributed by atoms with Gasteiger partial charge in [0.15, 0.2) is 5.43 Å². The van der Waals surface area contributed by atoms with Gasteiger partial charge in [0.1, 0.15) is 12.4 Å². The summed E-state index contributed by atoms with van der Waals surface area (Å²) in [6.07, 6.45) is 1.23. The molecule has 0 saturated heterocycles. The Hall–Kier alpha value is -1.09. The quantitative estimate of drug-likeness (QED) is 0.571. The lowest BCUT2D eigenvalue weighted by Gasteiger charge is -1.88. The van der Waals surface area contributed by atoms with Gasteiger partial charge in [0.25, 0.3) is 0 Å². The fourth-order valence-corrected chi connectivity index (χ4v) is 0.463. The number of aliphatic hydroxyl groups excluding tert-OH is 1. The van der Waals surface area contributed by atoms with Gasteiger partial charge in [-0.05, 0) is 0 Å². The van der Waals surface area contributed by atoms with Gasteiger partial charge in [-0.1, -0.05) is 0 Å². The first kappa shape index (κ1) is 6.04. The Kier molecular flexibility index (Phi) is 1.65. The summed E-state index contributed by atoms with van der Waals surface area (Å²) in [6.45, 7) is -0.282. The van der Waals surface area contributed by atoms with E-state index >= 15 is 0 Å². The van der Waals surface area contributed by atoms with Crippen LogP contribution in [0.5, 0.6) is 0 Å². The average molecular weight is 125 g/mol. The topological polar surface area (TPSA) is 50.4 Å². The minimum Gasteiger partial charge on any atom is -0.466 e. The summed E-state index contributed by atoms with van der Waals surface area (Å²) in [4.78, 5) is 10.4. The molecule has 0 amide bonds. The molecule has 3 nitrogen and oxygen atoms in total. The number of hydrogen-bond donors (Lipinski definition) is 1. The first-order chi connectivity index (χ1) is 4.33. The fraction of sp³-hybridized carbons (Fsp3) is 0.167. The van der Waals surface area contributed by atoms with Crippen molar-refractivity contribution in [2.45, 2.75) is 6.61 Å². The maximum absolute atomic E-state index is 10.4. The van der Waals surface area contributed by atoms with Crippen LogP contribution < -0.4 is 5.43 Å². The van der Waals surface area contributed by atoms with Gasteiger partial charge < -0.3 is 9.52 Å². The Morgan fingerprint density at radius 1 is 1.78 bits per heavy atom. The van der Waals surface area contributed by atoms with Gasteiger partial charge >= 0.3 is 0 Å². The van der Waals surface area contributed by atoms with E-state index in [2.05, 4.69) is 10.5 Å². The molecule has 0 spiro atoms. The smallest absolute Gasteiger partial charge is 0.193 e. The lowest BCUT2D eigenvalue weighted by Crippen LogP contribution is -1.98. The van der Waals surface area contributed by atoms with E-state index < -0.39 is 0 Å². The maximum atomic E-state index is 10.4. The van der Waals surface area contributed by atoms with Crippen molar-refractivity contribution in [2.75, 3.05) is 0 Å². The zero-order valence-corrected chi connectivity index (χ0v) is 4.63. The molecule has 1 heterocycles. The van der Waals surface area contributed by atoms with Gasteiger partial charge in [0.2, 0.25) is 0 Å². The third kappa shape index (κ3) is 1.40. The van der Waals surface area contributed by atoms with Crippen LogP contribution in [0.25, 0.3) is 0 Å². The Balaban J connectivity index is 3.08. The fourth-order valence-electron chi connectivity index (χ4n) is 0.463. The van der Waals surface area contributed by atoms with Crippen LogP contribution in [0.15, 0.2) is 21.5 Å². The van der Waals surface area contributed by atoms with Gasteiger partial charge in [-0.2, -0.15) is 0 Å². The van der Waals surface area contributed by atoms with Crippen molar-refractivity contribution in [3.63, 3.8) is 0 Å². The number of hydrogen-bond acceptors (Lipinski definition) is 3. The highest BCUT2D eigenvalue weighted by molar-refractivity contribution is 4.95. The van der Waals surface area contributed by atoms with Gasteiger partial charge in [-0.15, -0.1) is 0 Å². The molecule has 0 saturated carbocycles. The minimum absolute atomic E-state index is 0.169. The van der Waals surface area contributed by atoms with E-state index in [0.29, 0.717) is 0 Å². The summed E-state index contributed by atoms with van der Waals surface area (Å²) in [6, 6.07) is 3.52. The Morgan fingerprint density at radius 2 is 2.56 bits per heavy atom. The van der Waals surface area contributed by atoms with Gasteiger partial charge in [0.05, 0.1) is 12.3 Å². The van der Waals surface area contributed by atoms with E-state index in [0.717, 1.165) is 0 Å². The normalized spacial score (nSPS) is 9.44. The van der Waals surface area contributed by atoms with Gasteiger partial charge in [-0.3, -0.25) is 4.79 Å². The average Bonchev–Trinajstić information content (AvgIpc) is 1.88. The Labute approximate surface area is 51.6 Å². The molecule has 3 heteroatoms. The van der Waals surface area contributed by atoms with Crippen molar-refractivity contribution in [3.05, 3.63) is 34.4 Å². The van der Waals surface area contributed by atoms with Crippen molar-refractivity contribution in [1.29, 1.82) is 0 Å². The second kappa shape index (κ2) is 2.46. The summed E-state index contributed by atoms with van der Waals surface area (Å²) in [5, 5.41) is 8.40. The first-order valence-corrected chi connectivity index (χ1v) is 2.44. The minimum atomic E-state index is -0.282. The van der Waals surface area contributed by atoms with Crippen LogP contribution in [-0.2, 0) is 6.61 Å². The van der Waals surface area contributed by atoms with E-state index in [1.807, 2.05) is 0 Å². The molecular weight excluding hydrogens is 120 g/mol. The second-order valence-electron chi connectivity index (χ2n) is 1.49. The maximum Gasteiger partial charge on any atom is 0.193 e. The molecule has 0 atom stereocenters. The molecule has 47 valence electrons. The summed E-state index contributed by atoms with van der Waals surface area (Å²) < 4.78 is 4.65. The molecular formula is C6H5O3. The Bertz CT molecular complexity index is 238. The highest BCUT2D eigenvalue weighted by atomic mass is 16.4. The zero-order chi connectivity index (χ0) is 6.69. The lowest BCUT2D eigenvalue weighted by molar-refractivity contribution is 0.243. The summed E-state index contributed by atoms with van der Waals surface area (Å²) in [7, 11) is 0. The standard InChI is InChI=1S/C6H5O3/c7-4-6-3-5(8)1-2-9-6/h1-2,7H,4H2. The molecule has 1 radical (unpaired) electrons. The summed E-state index contributed by atoms with van der Waals surface area (Å²) in [5.41, 5.74) is -0.273. The van der Waals surface area contributed by atoms with Gasteiger partial charge in [-0.25, -0.2) is 0 Å². The molecule has 0 aromatic carbocycles. The Morgan fingerprint density at radius 3 is 3.00 bits per heavy atom. The lowest BCUT2D eigenvalue weighted by atomic mass is 10.4. The molecule has 1 N–H and O–H groups in total. The van der Waals surface area contributed by atoms with Crippen LogP contribution in [0.1, 0.15) is 5.76 Å². The monoisotopic (exact) mass is 125 g/mol. The predicted molar refractivity (Wildman–Crippen MR) is 29.7 cm³/mol. The van der Waals surface area contributed by atoms with Crippen LogP contribution in [-0.4, -0.2) is 5.11 Å². The largest absolute Gasteiger partial charge is 0.466 e. The van der Waals surface area contributed by atoms with Gasteiger partial charge in [0, 0.05) is 6.07 Å². The van der Waals surface area contributed by atoms with E-state index in [4.69, 9.17) is 5.11 Å². The second-order valence-corrected chi connectivity index (χ2v) is 1.49. The van der Waals surface area contributed by atoms with Crippen molar-refractivity contribution in [3.8, 4) is 0 Å². The summed E-state index contributed by atoms with van der Waals surface area (Å²) >= 11 is 0. The highest BCUT2D eigenvalue weighted by Gasteiger charge is 1.91. The third-order valence-electron chi connectivity index (χ3n) is 0.836. The number of rotatable bonds is 1. The zero-order valence-electron chi connectivity index (χ0n) is 4.63. The molecule has 0 aliphatic rings. The molecule has 9 heavy (non-hydrogen) atoms. The van der Waals surface area contributed by atoms with E-state index in [-0.39, 0.29) is 17.8 Å². The van der Waals surface area contributed by atoms with Crippen molar-refractivity contribution >= 4 is 0 Å². The van der Waals surface area contributed by atoms with Crippen LogP contribution in [0, 0.1) is 6.07 Å². The molecule has 0 aliphatic carbocycles. The summed E-state index contributed by atoms with van der Waals surface area (Å²) in [5.74, 6) is 0.169. The van der Waals surface area contributed by atoms with E-state index in [1.165, 1.54) is 12.3 Å². The van der Waals surface area contributed by atoms with Crippen LogP contribution in [0.2, 0.25) is 0 Å².